The molecule has 0 unspecified atom stereocenters. The molecule has 2 aromatic rings. The summed E-state index contributed by atoms with van der Waals surface area (Å²) in [4.78, 5) is 25.1. The van der Waals surface area contributed by atoms with Gasteiger partial charge in [0, 0.05) is 20.1 Å². The largest absolute Gasteiger partial charge is 0.397 e. The number of benzene rings is 2. The molecule has 4 N–H and O–H groups in total. The van der Waals surface area contributed by atoms with Crippen molar-refractivity contribution in [2.45, 2.75) is 0 Å². The molecule has 0 saturated heterocycles. The first-order chi connectivity index (χ1) is 9.43. The molecule has 20 heavy (non-hydrogen) atoms. The summed E-state index contributed by atoms with van der Waals surface area (Å²) in [7, 11) is 0. The van der Waals surface area contributed by atoms with Gasteiger partial charge in [0.05, 0.1) is 22.5 Å². The van der Waals surface area contributed by atoms with Crippen LogP contribution in [0.3, 0.4) is 0 Å². The smallest absolute Gasteiger partial charge is 0.196 e. The molecule has 1 aliphatic carbocycles. The van der Waals surface area contributed by atoms with Gasteiger partial charge in [-0.15, -0.1) is 0 Å². The Morgan fingerprint density at radius 3 is 1.40 bits per heavy atom. The lowest BCUT2D eigenvalue weighted by molar-refractivity contribution is 0.0980. The van der Waals surface area contributed by atoms with Crippen molar-refractivity contribution >= 4 is 54.8 Å². The van der Waals surface area contributed by atoms with E-state index in [1.54, 1.807) is 24.3 Å². The van der Waals surface area contributed by atoms with E-state index in [-0.39, 0.29) is 45.2 Å². The molecule has 4 nitrogen and oxygen atoms in total. The first-order valence-electron chi connectivity index (χ1n) is 5.68. The number of carbonyl (C=O) groups excluding carboxylic acids is 2. The summed E-state index contributed by atoms with van der Waals surface area (Å²) >= 11 is 6.53. The Bertz CT molecular complexity index is 733. The van der Waals surface area contributed by atoms with Crippen LogP contribution in [0, 0.1) is 0 Å². The molecule has 3 rings (SSSR count). The van der Waals surface area contributed by atoms with Gasteiger partial charge >= 0.3 is 0 Å². The highest BCUT2D eigenvalue weighted by Crippen LogP contribution is 2.38. The van der Waals surface area contributed by atoms with Gasteiger partial charge in [0.1, 0.15) is 0 Å². The van der Waals surface area contributed by atoms with E-state index in [2.05, 4.69) is 31.9 Å². The van der Waals surface area contributed by atoms with E-state index >= 15 is 0 Å². The van der Waals surface area contributed by atoms with Crippen LogP contribution in [0.25, 0.3) is 0 Å². The Labute approximate surface area is 131 Å². The quantitative estimate of drug-likeness (QED) is 0.572. The number of anilines is 2. The van der Waals surface area contributed by atoms with Gasteiger partial charge in [-0.2, -0.15) is 0 Å². The predicted octanol–water partition coefficient (Wildman–Crippen LogP) is 3.15. The molecule has 0 aromatic heterocycles. The standard InChI is InChI=1S/C14H8Br2N2O2/c15-7-3-1-5-9(11(7)17)14(20)6-2-4-8(16)12(18)10(6)13(5)19/h1-4H,17-18H2. The van der Waals surface area contributed by atoms with Crippen LogP contribution < -0.4 is 11.5 Å². The Hall–Kier alpha value is -1.66. The van der Waals surface area contributed by atoms with Gasteiger partial charge in [-0.1, -0.05) is 0 Å². The summed E-state index contributed by atoms with van der Waals surface area (Å²) < 4.78 is 1.18. The number of nitrogens with two attached hydrogens (primary N) is 2. The molecular weight excluding hydrogens is 388 g/mol. The van der Waals surface area contributed by atoms with Crippen LogP contribution in [-0.2, 0) is 0 Å². The van der Waals surface area contributed by atoms with Crippen molar-refractivity contribution in [3.8, 4) is 0 Å². The molecule has 2 aromatic carbocycles. The van der Waals surface area contributed by atoms with Crippen molar-refractivity contribution in [3.63, 3.8) is 0 Å². The molecule has 0 saturated carbocycles. The van der Waals surface area contributed by atoms with E-state index in [9.17, 15) is 9.59 Å². The Morgan fingerprint density at radius 1 is 0.700 bits per heavy atom. The van der Waals surface area contributed by atoms with Crippen molar-refractivity contribution in [2.24, 2.45) is 0 Å². The number of carbonyl (C=O) groups is 2. The Kier molecular flexibility index (Phi) is 2.95. The lowest BCUT2D eigenvalue weighted by atomic mass is 9.82. The second kappa shape index (κ2) is 4.43. The molecule has 0 atom stereocenters. The predicted molar refractivity (Wildman–Crippen MR) is 84.0 cm³/mol. The molecule has 100 valence electrons. The van der Waals surface area contributed by atoms with Crippen molar-refractivity contribution < 1.29 is 9.59 Å². The van der Waals surface area contributed by atoms with Crippen molar-refractivity contribution in [2.75, 3.05) is 11.5 Å². The summed E-state index contributed by atoms with van der Waals surface area (Å²) in [6.07, 6.45) is 0. The van der Waals surface area contributed by atoms with E-state index in [0.717, 1.165) is 0 Å². The van der Waals surface area contributed by atoms with Crippen LogP contribution in [0.5, 0.6) is 0 Å². The normalized spacial score (nSPS) is 13.1. The fourth-order valence-corrected chi connectivity index (χ4v) is 2.99. The molecule has 0 bridgehead atoms. The minimum absolute atomic E-state index is 0.235. The SMILES string of the molecule is Nc1c(Br)ccc2c1C(=O)c1ccc(Br)c(N)c1C2=O. The van der Waals surface area contributed by atoms with Gasteiger partial charge in [0.25, 0.3) is 0 Å². The lowest BCUT2D eigenvalue weighted by Crippen LogP contribution is -2.24. The third kappa shape index (κ3) is 1.65. The number of nitrogen functional groups attached to an aromatic ring is 2. The van der Waals surface area contributed by atoms with Crippen molar-refractivity contribution in [3.05, 3.63) is 55.5 Å². The van der Waals surface area contributed by atoms with E-state index in [1.807, 2.05) is 0 Å². The lowest BCUT2D eigenvalue weighted by Gasteiger charge is -2.21. The van der Waals surface area contributed by atoms with Gasteiger partial charge in [-0.3, -0.25) is 9.59 Å². The van der Waals surface area contributed by atoms with E-state index in [4.69, 9.17) is 11.5 Å². The maximum Gasteiger partial charge on any atom is 0.196 e. The second-order valence-corrected chi connectivity index (χ2v) is 6.13. The molecule has 0 heterocycles. The van der Waals surface area contributed by atoms with Gasteiger partial charge in [0.2, 0.25) is 0 Å². The first-order valence-corrected chi connectivity index (χ1v) is 7.27. The zero-order chi connectivity index (χ0) is 14.6. The van der Waals surface area contributed by atoms with E-state index in [0.29, 0.717) is 8.95 Å². The van der Waals surface area contributed by atoms with Crippen LogP contribution in [0.1, 0.15) is 31.8 Å². The highest BCUT2D eigenvalue weighted by Gasteiger charge is 2.33. The molecule has 0 spiro atoms. The molecular formula is C14H8Br2N2O2. The monoisotopic (exact) mass is 394 g/mol. The molecule has 0 fully saturated rings. The number of fused-ring (bicyclic) bond motifs is 2. The highest BCUT2D eigenvalue weighted by atomic mass is 79.9. The molecule has 0 amide bonds. The van der Waals surface area contributed by atoms with Crippen molar-refractivity contribution in [1.29, 1.82) is 0 Å². The maximum atomic E-state index is 12.6. The summed E-state index contributed by atoms with van der Waals surface area (Å²) in [6.45, 7) is 0. The number of hydrogen-bond acceptors (Lipinski definition) is 4. The number of ketones is 2. The minimum atomic E-state index is -0.285. The Morgan fingerprint density at radius 2 is 1.05 bits per heavy atom. The zero-order valence-corrected chi connectivity index (χ0v) is 13.2. The van der Waals surface area contributed by atoms with E-state index < -0.39 is 0 Å². The number of rotatable bonds is 0. The second-order valence-electron chi connectivity index (χ2n) is 4.43. The van der Waals surface area contributed by atoms with Crippen LogP contribution in [0.4, 0.5) is 11.4 Å². The fraction of sp³-hybridized carbons (Fsp3) is 0. The summed E-state index contributed by atoms with van der Waals surface area (Å²) in [5.41, 5.74) is 13.4. The first kappa shape index (κ1) is 13.3. The molecule has 1 aliphatic rings. The number of hydrogen-bond donors (Lipinski definition) is 2. The average Bonchev–Trinajstić information content (AvgIpc) is 2.42. The fourth-order valence-electron chi connectivity index (χ4n) is 2.33. The third-order valence-electron chi connectivity index (χ3n) is 3.33. The summed E-state index contributed by atoms with van der Waals surface area (Å²) in [6, 6.07) is 6.47. The summed E-state index contributed by atoms with van der Waals surface area (Å²) in [5, 5.41) is 0. The minimum Gasteiger partial charge on any atom is -0.397 e. The van der Waals surface area contributed by atoms with Crippen LogP contribution in [-0.4, -0.2) is 11.6 Å². The molecule has 6 heteroatoms. The third-order valence-corrected chi connectivity index (χ3v) is 4.71. The van der Waals surface area contributed by atoms with Gasteiger partial charge in [0.15, 0.2) is 11.6 Å². The Balaban J connectivity index is 2.40. The van der Waals surface area contributed by atoms with Crippen molar-refractivity contribution in [1.82, 2.24) is 0 Å². The highest BCUT2D eigenvalue weighted by molar-refractivity contribution is 9.11. The van der Waals surface area contributed by atoms with Gasteiger partial charge < -0.3 is 11.5 Å². The van der Waals surface area contributed by atoms with Gasteiger partial charge in [-0.25, -0.2) is 0 Å². The summed E-state index contributed by atoms with van der Waals surface area (Å²) in [5.74, 6) is -0.569. The molecule has 0 radical (unpaired) electrons. The van der Waals surface area contributed by atoms with E-state index in [1.165, 1.54) is 0 Å². The zero-order valence-electron chi connectivity index (χ0n) is 10.0. The average molecular weight is 396 g/mol. The van der Waals surface area contributed by atoms with Crippen LogP contribution >= 0.6 is 31.9 Å². The van der Waals surface area contributed by atoms with Crippen LogP contribution in [0.15, 0.2) is 33.2 Å². The topological polar surface area (TPSA) is 86.2 Å². The number of halogens is 2. The molecule has 0 aliphatic heterocycles. The van der Waals surface area contributed by atoms with Gasteiger partial charge in [-0.05, 0) is 56.1 Å². The maximum absolute atomic E-state index is 12.6. The van der Waals surface area contributed by atoms with Crippen LogP contribution in [0.2, 0.25) is 0 Å².